The van der Waals surface area contributed by atoms with Crippen molar-refractivity contribution < 1.29 is 9.53 Å². The van der Waals surface area contributed by atoms with E-state index < -0.39 is 0 Å². The lowest BCUT2D eigenvalue weighted by atomic mass is 10.1. The van der Waals surface area contributed by atoms with E-state index in [0.29, 0.717) is 28.7 Å². The lowest BCUT2D eigenvalue weighted by molar-refractivity contribution is 0.102. The highest BCUT2D eigenvalue weighted by atomic mass is 32.2. The molecule has 0 bridgehead atoms. The number of thioether (sulfide) groups is 1. The molecule has 1 heterocycles. The monoisotopic (exact) mass is 365 g/mol. The zero-order chi connectivity index (χ0) is 18.4. The second kappa shape index (κ2) is 8.49. The first-order chi connectivity index (χ1) is 12.7. The minimum Gasteiger partial charge on any atom is -0.494 e. The third-order valence-corrected chi connectivity index (χ3v) is 4.23. The Kier molecular flexibility index (Phi) is 5.86. The first-order valence-corrected chi connectivity index (χ1v) is 9.44. The number of aromatic nitrogens is 2. The maximum Gasteiger partial charge on any atom is 0.259 e. The molecule has 0 atom stereocenters. The Labute approximate surface area is 156 Å². The van der Waals surface area contributed by atoms with E-state index in [0.717, 1.165) is 11.3 Å². The number of carbonyl (C=O) groups excluding carboxylic acids is 1. The second-order valence-corrected chi connectivity index (χ2v) is 6.17. The third-order valence-electron chi connectivity index (χ3n) is 3.66. The first-order valence-electron chi connectivity index (χ1n) is 8.22. The summed E-state index contributed by atoms with van der Waals surface area (Å²) >= 11 is 1.44. The number of benzene rings is 2. The van der Waals surface area contributed by atoms with Crippen LogP contribution >= 0.6 is 11.8 Å². The number of nitrogens with zero attached hydrogens (tertiary/aromatic N) is 2. The Morgan fingerprint density at radius 1 is 1.12 bits per heavy atom. The van der Waals surface area contributed by atoms with Crippen LogP contribution in [0.15, 0.2) is 66.0 Å². The van der Waals surface area contributed by atoms with Crippen LogP contribution in [-0.2, 0) is 0 Å². The number of anilines is 1. The van der Waals surface area contributed by atoms with Gasteiger partial charge in [-0.2, -0.15) is 0 Å². The highest BCUT2D eigenvalue weighted by molar-refractivity contribution is 7.98. The minimum absolute atomic E-state index is 0.249. The summed E-state index contributed by atoms with van der Waals surface area (Å²) in [6, 6.07) is 16.9. The standard InChI is InChI=1S/C20H19N3O2S/c1-3-25-16-11-9-15(10-12-16)22-19(24)17-13-21-20(26-2)23-18(17)14-7-5-4-6-8-14/h4-13H,3H2,1-2H3,(H,22,24). The molecule has 0 radical (unpaired) electrons. The van der Waals surface area contributed by atoms with Crippen molar-refractivity contribution in [1.82, 2.24) is 9.97 Å². The van der Waals surface area contributed by atoms with Gasteiger partial charge in [0, 0.05) is 17.4 Å². The molecule has 5 nitrogen and oxygen atoms in total. The van der Waals surface area contributed by atoms with Gasteiger partial charge in [-0.1, -0.05) is 42.1 Å². The lowest BCUT2D eigenvalue weighted by Gasteiger charge is -2.11. The van der Waals surface area contributed by atoms with Crippen molar-refractivity contribution in [3.05, 3.63) is 66.4 Å². The van der Waals surface area contributed by atoms with Gasteiger partial charge in [0.15, 0.2) is 5.16 Å². The molecule has 1 amide bonds. The van der Waals surface area contributed by atoms with Crippen molar-refractivity contribution in [1.29, 1.82) is 0 Å². The summed E-state index contributed by atoms with van der Waals surface area (Å²) in [5.41, 5.74) is 2.62. The summed E-state index contributed by atoms with van der Waals surface area (Å²) in [4.78, 5) is 21.6. The predicted molar refractivity (Wildman–Crippen MR) is 105 cm³/mol. The fourth-order valence-corrected chi connectivity index (χ4v) is 2.79. The summed E-state index contributed by atoms with van der Waals surface area (Å²) in [7, 11) is 0. The van der Waals surface area contributed by atoms with Crippen LogP contribution in [0.3, 0.4) is 0 Å². The zero-order valence-electron chi connectivity index (χ0n) is 14.6. The van der Waals surface area contributed by atoms with Gasteiger partial charge in [-0.15, -0.1) is 0 Å². The molecule has 26 heavy (non-hydrogen) atoms. The fraction of sp³-hybridized carbons (Fsp3) is 0.150. The molecule has 6 heteroatoms. The number of nitrogens with one attached hydrogen (secondary N) is 1. The van der Waals surface area contributed by atoms with Crippen LogP contribution < -0.4 is 10.1 Å². The number of hydrogen-bond donors (Lipinski definition) is 1. The van der Waals surface area contributed by atoms with Gasteiger partial charge in [-0.25, -0.2) is 9.97 Å². The van der Waals surface area contributed by atoms with Crippen LogP contribution in [0.2, 0.25) is 0 Å². The van der Waals surface area contributed by atoms with Crippen molar-refractivity contribution in [3.63, 3.8) is 0 Å². The van der Waals surface area contributed by atoms with Crippen LogP contribution in [0, 0.1) is 0 Å². The third kappa shape index (κ3) is 4.21. The van der Waals surface area contributed by atoms with Gasteiger partial charge in [0.05, 0.1) is 17.9 Å². The minimum atomic E-state index is -0.249. The van der Waals surface area contributed by atoms with Crippen LogP contribution in [0.1, 0.15) is 17.3 Å². The lowest BCUT2D eigenvalue weighted by Crippen LogP contribution is -2.14. The molecule has 2 aromatic carbocycles. The van der Waals surface area contributed by atoms with Gasteiger partial charge in [0.2, 0.25) is 0 Å². The molecule has 0 aliphatic heterocycles. The highest BCUT2D eigenvalue weighted by Gasteiger charge is 2.16. The van der Waals surface area contributed by atoms with E-state index in [1.165, 1.54) is 11.8 Å². The SMILES string of the molecule is CCOc1ccc(NC(=O)c2cnc(SC)nc2-c2ccccc2)cc1. The van der Waals surface area contributed by atoms with Crippen molar-refractivity contribution in [2.45, 2.75) is 12.1 Å². The second-order valence-electron chi connectivity index (χ2n) is 5.40. The Morgan fingerprint density at radius 3 is 2.50 bits per heavy atom. The average Bonchev–Trinajstić information content (AvgIpc) is 2.70. The highest BCUT2D eigenvalue weighted by Crippen LogP contribution is 2.24. The molecule has 132 valence electrons. The summed E-state index contributed by atoms with van der Waals surface area (Å²) < 4.78 is 5.42. The molecule has 0 aliphatic rings. The molecular formula is C20H19N3O2S. The van der Waals surface area contributed by atoms with Crippen molar-refractivity contribution in [2.75, 3.05) is 18.2 Å². The number of carbonyl (C=O) groups is 1. The molecule has 1 N–H and O–H groups in total. The molecule has 1 aromatic heterocycles. The number of hydrogen-bond acceptors (Lipinski definition) is 5. The van der Waals surface area contributed by atoms with Gasteiger partial charge < -0.3 is 10.1 Å². The van der Waals surface area contributed by atoms with Crippen LogP contribution in [0.4, 0.5) is 5.69 Å². The van der Waals surface area contributed by atoms with Crippen LogP contribution in [0.25, 0.3) is 11.3 Å². The van der Waals surface area contributed by atoms with Gasteiger partial charge >= 0.3 is 0 Å². The van der Waals surface area contributed by atoms with Crippen molar-refractivity contribution >= 4 is 23.4 Å². The smallest absolute Gasteiger partial charge is 0.259 e. The maximum atomic E-state index is 12.8. The van der Waals surface area contributed by atoms with E-state index in [2.05, 4.69) is 15.3 Å². The molecule has 0 saturated carbocycles. The van der Waals surface area contributed by atoms with Gasteiger partial charge in [-0.3, -0.25) is 4.79 Å². The predicted octanol–water partition coefficient (Wildman–Crippen LogP) is 4.52. The first kappa shape index (κ1) is 17.9. The molecule has 3 aromatic rings. The van der Waals surface area contributed by atoms with E-state index in [4.69, 9.17) is 4.74 Å². The van der Waals surface area contributed by atoms with Crippen LogP contribution in [0.5, 0.6) is 5.75 Å². The summed E-state index contributed by atoms with van der Waals surface area (Å²) in [6.07, 6.45) is 3.48. The Morgan fingerprint density at radius 2 is 1.85 bits per heavy atom. The zero-order valence-corrected chi connectivity index (χ0v) is 15.4. The normalized spacial score (nSPS) is 10.4. The van der Waals surface area contributed by atoms with E-state index in [9.17, 15) is 4.79 Å². The summed E-state index contributed by atoms with van der Waals surface area (Å²) in [5.74, 6) is 0.517. The molecule has 0 aliphatic carbocycles. The maximum absolute atomic E-state index is 12.8. The summed E-state index contributed by atoms with van der Waals surface area (Å²) in [5, 5.41) is 3.52. The van der Waals surface area contributed by atoms with E-state index in [-0.39, 0.29) is 5.91 Å². The van der Waals surface area contributed by atoms with Gasteiger partial charge in [-0.05, 0) is 37.4 Å². The van der Waals surface area contributed by atoms with Crippen LogP contribution in [-0.4, -0.2) is 28.7 Å². The van der Waals surface area contributed by atoms with Gasteiger partial charge in [0.25, 0.3) is 5.91 Å². The van der Waals surface area contributed by atoms with E-state index in [1.807, 2.05) is 67.8 Å². The quantitative estimate of drug-likeness (QED) is 0.514. The molecule has 0 saturated heterocycles. The fourth-order valence-electron chi connectivity index (χ4n) is 2.45. The van der Waals surface area contributed by atoms with E-state index >= 15 is 0 Å². The largest absolute Gasteiger partial charge is 0.494 e. The van der Waals surface area contributed by atoms with E-state index in [1.54, 1.807) is 6.20 Å². The van der Waals surface area contributed by atoms with Crippen molar-refractivity contribution in [3.8, 4) is 17.0 Å². The number of rotatable bonds is 6. The average molecular weight is 365 g/mol. The van der Waals surface area contributed by atoms with Gasteiger partial charge in [0.1, 0.15) is 5.75 Å². The molecule has 0 unspecified atom stereocenters. The molecule has 0 spiro atoms. The topological polar surface area (TPSA) is 64.1 Å². The number of ether oxygens (including phenoxy) is 1. The Bertz CT molecular complexity index is 883. The van der Waals surface area contributed by atoms with Crippen molar-refractivity contribution in [2.24, 2.45) is 0 Å². The number of amides is 1. The Hall–Kier alpha value is -2.86. The summed E-state index contributed by atoms with van der Waals surface area (Å²) in [6.45, 7) is 2.53. The molecular weight excluding hydrogens is 346 g/mol. The Balaban J connectivity index is 1.89. The molecule has 0 fully saturated rings. The molecule has 3 rings (SSSR count).